The van der Waals surface area contributed by atoms with Gasteiger partial charge in [-0.3, -0.25) is 0 Å². The fourth-order valence-electron chi connectivity index (χ4n) is 8.34. The van der Waals surface area contributed by atoms with Crippen molar-refractivity contribution in [1.29, 1.82) is 0 Å². The highest BCUT2D eigenvalue weighted by Gasteiger charge is 2.20. The Morgan fingerprint density at radius 1 is 0.396 bits per heavy atom. The standard InChI is InChI=1S/C50H32N2S/c1-2-16-37(17-3-1)52-46-30-26-36(32-43(46)49-47(52)31-29-42-41-20-8-9-23-48(41)53-50(42)49)33-24-27-38(28-25-33)51(44-21-10-14-34-12-4-6-18-39(34)44)45-22-11-15-35-13-5-7-19-40(35)45/h1-32H. The van der Waals surface area contributed by atoms with Gasteiger partial charge in [-0.15, -0.1) is 11.3 Å². The minimum absolute atomic E-state index is 1.12. The fraction of sp³-hybridized carbons (Fsp3) is 0. The normalized spacial score (nSPS) is 11.8. The summed E-state index contributed by atoms with van der Waals surface area (Å²) in [4.78, 5) is 2.42. The quantitative estimate of drug-likeness (QED) is 0.174. The largest absolute Gasteiger partial charge is 0.309 e. The van der Waals surface area contributed by atoms with Gasteiger partial charge in [-0.25, -0.2) is 0 Å². The molecular weight excluding hydrogens is 661 g/mol. The van der Waals surface area contributed by atoms with E-state index in [-0.39, 0.29) is 0 Å². The number of benzene rings is 9. The molecule has 0 fully saturated rings. The van der Waals surface area contributed by atoms with Crippen molar-refractivity contribution in [3.63, 3.8) is 0 Å². The predicted molar refractivity (Wildman–Crippen MR) is 229 cm³/mol. The molecule has 0 radical (unpaired) electrons. The molecule has 0 aliphatic carbocycles. The number of hydrogen-bond donors (Lipinski definition) is 0. The Kier molecular flexibility index (Phi) is 6.76. The number of hydrogen-bond acceptors (Lipinski definition) is 2. The van der Waals surface area contributed by atoms with Crippen LogP contribution in [0.3, 0.4) is 0 Å². The summed E-state index contributed by atoms with van der Waals surface area (Å²) < 4.78 is 5.09. The molecule has 2 nitrogen and oxygen atoms in total. The first-order chi connectivity index (χ1) is 26.3. The first-order valence-corrected chi connectivity index (χ1v) is 18.9. The molecule has 3 heteroatoms. The number of para-hydroxylation sites is 1. The second-order valence-corrected chi connectivity index (χ2v) is 14.8. The molecule has 2 aromatic heterocycles. The number of rotatable bonds is 5. The van der Waals surface area contributed by atoms with Crippen molar-refractivity contribution in [3.8, 4) is 16.8 Å². The molecule has 11 rings (SSSR count). The van der Waals surface area contributed by atoms with Gasteiger partial charge in [0.25, 0.3) is 0 Å². The maximum Gasteiger partial charge on any atom is 0.0555 e. The van der Waals surface area contributed by atoms with Crippen molar-refractivity contribution in [3.05, 3.63) is 194 Å². The van der Waals surface area contributed by atoms with Gasteiger partial charge in [0.05, 0.1) is 22.4 Å². The molecule has 0 saturated carbocycles. The summed E-state index contributed by atoms with van der Waals surface area (Å²) in [5.74, 6) is 0. The van der Waals surface area contributed by atoms with Crippen molar-refractivity contribution < 1.29 is 0 Å². The van der Waals surface area contributed by atoms with Crippen LogP contribution in [-0.2, 0) is 0 Å². The Labute approximate surface area is 311 Å². The average Bonchev–Trinajstić information content (AvgIpc) is 3.77. The Morgan fingerprint density at radius 3 is 1.70 bits per heavy atom. The molecule has 0 saturated heterocycles. The third-order valence-electron chi connectivity index (χ3n) is 10.8. The van der Waals surface area contributed by atoms with Crippen LogP contribution >= 0.6 is 11.3 Å². The summed E-state index contributed by atoms with van der Waals surface area (Å²) in [7, 11) is 0. The lowest BCUT2D eigenvalue weighted by atomic mass is 10.0. The first kappa shape index (κ1) is 30.0. The fourth-order valence-corrected chi connectivity index (χ4v) is 9.60. The van der Waals surface area contributed by atoms with E-state index in [2.05, 4.69) is 204 Å². The van der Waals surface area contributed by atoms with Crippen LogP contribution in [0, 0.1) is 0 Å². The molecule has 0 unspecified atom stereocenters. The molecule has 53 heavy (non-hydrogen) atoms. The van der Waals surface area contributed by atoms with Crippen LogP contribution in [0.2, 0.25) is 0 Å². The van der Waals surface area contributed by atoms with Gasteiger partial charge in [0.15, 0.2) is 0 Å². The van der Waals surface area contributed by atoms with Crippen LogP contribution in [-0.4, -0.2) is 4.57 Å². The highest BCUT2D eigenvalue weighted by atomic mass is 32.1. The van der Waals surface area contributed by atoms with E-state index >= 15 is 0 Å². The Morgan fingerprint density at radius 2 is 0.981 bits per heavy atom. The van der Waals surface area contributed by atoms with Crippen LogP contribution in [0.5, 0.6) is 0 Å². The predicted octanol–water partition coefficient (Wildman–Crippen LogP) is 14.6. The summed E-state index contributed by atoms with van der Waals surface area (Å²) in [5.41, 5.74) is 9.46. The van der Waals surface area contributed by atoms with Crippen LogP contribution < -0.4 is 4.90 Å². The van der Waals surface area contributed by atoms with Gasteiger partial charge in [0.1, 0.15) is 0 Å². The van der Waals surface area contributed by atoms with Crippen LogP contribution in [0.25, 0.3) is 80.3 Å². The zero-order valence-electron chi connectivity index (χ0n) is 28.8. The van der Waals surface area contributed by atoms with E-state index in [1.165, 1.54) is 80.3 Å². The SMILES string of the molecule is c1ccc(-n2c3ccc(-c4ccc(N(c5cccc6ccccc56)c5cccc6ccccc56)cc4)cc3c3c4sc5ccccc5c4ccc32)cc1. The van der Waals surface area contributed by atoms with Crippen LogP contribution in [0.4, 0.5) is 17.1 Å². The zero-order valence-corrected chi connectivity index (χ0v) is 29.6. The van der Waals surface area contributed by atoms with Gasteiger partial charge >= 0.3 is 0 Å². The maximum absolute atomic E-state index is 2.42. The average molecular weight is 693 g/mol. The van der Waals surface area contributed by atoms with E-state index in [1.54, 1.807) is 0 Å². The summed E-state index contributed by atoms with van der Waals surface area (Å²) in [6.07, 6.45) is 0. The number of nitrogens with zero attached hydrogens (tertiary/aromatic N) is 2. The summed E-state index contributed by atoms with van der Waals surface area (Å²) in [6.45, 7) is 0. The zero-order chi connectivity index (χ0) is 34.9. The van der Waals surface area contributed by atoms with Gasteiger partial charge < -0.3 is 9.47 Å². The molecule has 0 aliphatic rings. The van der Waals surface area contributed by atoms with Gasteiger partial charge in [0, 0.05) is 53.1 Å². The molecule has 0 atom stereocenters. The van der Waals surface area contributed by atoms with Gasteiger partial charge in [-0.1, -0.05) is 133 Å². The summed E-state index contributed by atoms with van der Waals surface area (Å²) >= 11 is 1.90. The Hall–Kier alpha value is -6.68. The minimum Gasteiger partial charge on any atom is -0.309 e. The number of fused-ring (bicyclic) bond motifs is 9. The number of anilines is 3. The Balaban J connectivity index is 1.10. The van der Waals surface area contributed by atoms with E-state index in [9.17, 15) is 0 Å². The molecule has 0 bridgehead atoms. The summed E-state index contributed by atoms with van der Waals surface area (Å²) in [6, 6.07) is 70.8. The highest BCUT2D eigenvalue weighted by Crippen LogP contribution is 2.45. The molecule has 248 valence electrons. The van der Waals surface area contributed by atoms with E-state index in [0.717, 1.165) is 17.1 Å². The third kappa shape index (κ3) is 4.71. The van der Waals surface area contributed by atoms with Crippen molar-refractivity contribution >= 4 is 91.9 Å². The number of aromatic nitrogens is 1. The van der Waals surface area contributed by atoms with Crippen molar-refractivity contribution in [2.24, 2.45) is 0 Å². The van der Waals surface area contributed by atoms with E-state index < -0.39 is 0 Å². The Bertz CT molecular complexity index is 3080. The molecule has 0 N–H and O–H groups in total. The molecular formula is C50H32N2S. The van der Waals surface area contributed by atoms with Crippen LogP contribution in [0.15, 0.2) is 194 Å². The van der Waals surface area contributed by atoms with Gasteiger partial charge in [0.2, 0.25) is 0 Å². The van der Waals surface area contributed by atoms with Gasteiger partial charge in [-0.05, 0) is 82.6 Å². The smallest absolute Gasteiger partial charge is 0.0555 e. The van der Waals surface area contributed by atoms with Crippen molar-refractivity contribution in [2.75, 3.05) is 4.90 Å². The molecule has 9 aromatic carbocycles. The third-order valence-corrected chi connectivity index (χ3v) is 12.0. The highest BCUT2D eigenvalue weighted by molar-refractivity contribution is 7.26. The lowest BCUT2D eigenvalue weighted by Gasteiger charge is -2.28. The monoisotopic (exact) mass is 692 g/mol. The molecule has 2 heterocycles. The first-order valence-electron chi connectivity index (χ1n) is 18.1. The molecule has 0 spiro atoms. The van der Waals surface area contributed by atoms with Crippen LogP contribution in [0.1, 0.15) is 0 Å². The van der Waals surface area contributed by atoms with Crippen molar-refractivity contribution in [1.82, 2.24) is 4.57 Å². The molecule has 0 aliphatic heterocycles. The van der Waals surface area contributed by atoms with Gasteiger partial charge in [-0.2, -0.15) is 0 Å². The molecule has 11 aromatic rings. The maximum atomic E-state index is 2.42. The van der Waals surface area contributed by atoms with Crippen molar-refractivity contribution in [2.45, 2.75) is 0 Å². The second-order valence-electron chi connectivity index (χ2n) is 13.7. The summed E-state index contributed by atoms with van der Waals surface area (Å²) in [5, 5.41) is 10.1. The van der Waals surface area contributed by atoms with E-state index in [1.807, 2.05) is 11.3 Å². The van der Waals surface area contributed by atoms with E-state index in [0.29, 0.717) is 0 Å². The van der Waals surface area contributed by atoms with E-state index in [4.69, 9.17) is 0 Å². The number of thiophene rings is 1. The second kappa shape index (κ2) is 11.9. The molecule has 0 amide bonds. The minimum atomic E-state index is 1.12. The topological polar surface area (TPSA) is 8.17 Å². The lowest BCUT2D eigenvalue weighted by Crippen LogP contribution is -2.11. The lowest BCUT2D eigenvalue weighted by molar-refractivity contribution is 1.18.